The van der Waals surface area contributed by atoms with Crippen molar-refractivity contribution in [2.24, 2.45) is 0 Å². The first-order valence-electron chi connectivity index (χ1n) is 13.9. The maximum absolute atomic E-state index is 13.2. The highest BCUT2D eigenvalue weighted by Crippen LogP contribution is 2.49. The van der Waals surface area contributed by atoms with Crippen molar-refractivity contribution < 1.29 is 31.9 Å². The number of likely N-dealkylation sites (tertiary alicyclic amines) is 1. The molecule has 42 heavy (non-hydrogen) atoms. The van der Waals surface area contributed by atoms with E-state index in [1.807, 2.05) is 12.1 Å². The smallest absolute Gasteiger partial charge is 0.282 e. The highest BCUT2D eigenvalue weighted by atomic mass is 32.2. The summed E-state index contributed by atoms with van der Waals surface area (Å²) in [5.74, 6) is -0.755. The number of halogens is 1. The number of rotatable bonds is 5. The zero-order valence-corrected chi connectivity index (χ0v) is 23.4. The summed E-state index contributed by atoms with van der Waals surface area (Å²) in [5, 5.41) is 6.39. The van der Waals surface area contributed by atoms with E-state index in [2.05, 4.69) is 15.3 Å². The van der Waals surface area contributed by atoms with Crippen molar-refractivity contribution >= 4 is 27.7 Å². The quantitative estimate of drug-likeness (QED) is 0.445. The van der Waals surface area contributed by atoms with Gasteiger partial charge in [-0.05, 0) is 62.7 Å². The highest BCUT2D eigenvalue weighted by molar-refractivity contribution is 7.89. The fourth-order valence-electron chi connectivity index (χ4n) is 6.56. The second kappa shape index (κ2) is 9.73. The molecule has 0 bridgehead atoms. The van der Waals surface area contributed by atoms with Gasteiger partial charge in [0.25, 0.3) is 15.9 Å². The van der Waals surface area contributed by atoms with Gasteiger partial charge in [0, 0.05) is 46.8 Å². The van der Waals surface area contributed by atoms with Gasteiger partial charge in [-0.2, -0.15) is 17.6 Å². The van der Waals surface area contributed by atoms with Gasteiger partial charge in [0.1, 0.15) is 17.6 Å². The number of nitrogens with one attached hydrogen (secondary N) is 1. The van der Waals surface area contributed by atoms with E-state index < -0.39 is 27.8 Å². The first kappa shape index (κ1) is 26.8. The number of nitrogens with zero attached hydrogens (tertiary/aromatic N) is 4. The van der Waals surface area contributed by atoms with E-state index in [9.17, 15) is 27.2 Å². The number of hydrogen-bond acceptors (Lipinski definition) is 8. The summed E-state index contributed by atoms with van der Waals surface area (Å²) in [6, 6.07) is 7.78. The summed E-state index contributed by atoms with van der Waals surface area (Å²) in [6.07, 6.45) is 5.19. The van der Waals surface area contributed by atoms with E-state index in [4.69, 9.17) is 4.74 Å². The lowest BCUT2D eigenvalue weighted by Gasteiger charge is -2.38. The van der Waals surface area contributed by atoms with Crippen LogP contribution in [-0.4, -0.2) is 70.9 Å². The van der Waals surface area contributed by atoms with Crippen LogP contribution in [0.2, 0.25) is 0 Å². The Labute approximate surface area is 241 Å². The van der Waals surface area contributed by atoms with Gasteiger partial charge in [-0.3, -0.25) is 24.6 Å². The number of carbonyl (C=O) groups excluding carboxylic acids is 3. The van der Waals surface area contributed by atoms with Crippen LogP contribution < -0.4 is 10.1 Å². The normalized spacial score (nSPS) is 21.8. The number of carbonyl (C=O) groups is 3. The number of amides is 3. The molecule has 0 aliphatic carbocycles. The zero-order chi connectivity index (χ0) is 29.2. The minimum Gasteiger partial charge on any atom is -0.492 e. The molecule has 1 unspecified atom stereocenters. The fourth-order valence-corrected chi connectivity index (χ4v) is 7.70. The molecule has 3 aromatic rings. The Morgan fingerprint density at radius 3 is 2.57 bits per heavy atom. The molecule has 13 heteroatoms. The number of benzene rings is 2. The molecule has 2 saturated heterocycles. The van der Waals surface area contributed by atoms with E-state index in [0.29, 0.717) is 25.1 Å². The molecule has 1 N–H and O–H groups in total. The van der Waals surface area contributed by atoms with E-state index in [1.165, 1.54) is 24.5 Å². The van der Waals surface area contributed by atoms with Gasteiger partial charge in [0.15, 0.2) is 0 Å². The summed E-state index contributed by atoms with van der Waals surface area (Å²) >= 11 is 0. The van der Waals surface area contributed by atoms with Crippen molar-refractivity contribution in [1.82, 2.24) is 24.3 Å². The lowest BCUT2D eigenvalue weighted by atomic mass is 9.74. The van der Waals surface area contributed by atoms with Gasteiger partial charge in [0.05, 0.1) is 24.2 Å². The van der Waals surface area contributed by atoms with Crippen LogP contribution in [-0.2, 0) is 38.1 Å². The van der Waals surface area contributed by atoms with Gasteiger partial charge >= 0.3 is 0 Å². The van der Waals surface area contributed by atoms with Crippen molar-refractivity contribution in [3.8, 4) is 5.75 Å². The zero-order valence-electron chi connectivity index (χ0n) is 22.6. The van der Waals surface area contributed by atoms with Crippen LogP contribution in [0.25, 0.3) is 0 Å². The molecule has 1 atom stereocenters. The molecular weight excluding hydrogens is 565 g/mol. The molecule has 0 saturated carbocycles. The van der Waals surface area contributed by atoms with Crippen molar-refractivity contribution in [3.05, 3.63) is 76.9 Å². The largest absolute Gasteiger partial charge is 0.492 e. The third kappa shape index (κ3) is 4.29. The van der Waals surface area contributed by atoms with E-state index in [0.717, 1.165) is 64.6 Å². The molecule has 218 valence electrons. The van der Waals surface area contributed by atoms with Crippen LogP contribution in [0.5, 0.6) is 5.75 Å². The molecule has 4 aliphatic heterocycles. The Hall–Kier alpha value is -4.10. The number of hydrogen-bond donors (Lipinski definition) is 1. The molecule has 11 nitrogen and oxygen atoms in total. The molecule has 2 aromatic carbocycles. The summed E-state index contributed by atoms with van der Waals surface area (Å²) in [4.78, 5) is 41.0. The van der Waals surface area contributed by atoms with Crippen molar-refractivity contribution in [1.29, 1.82) is 0 Å². The number of fused-ring (bicyclic) bond motifs is 4. The Morgan fingerprint density at radius 1 is 1.07 bits per heavy atom. The van der Waals surface area contributed by atoms with Crippen molar-refractivity contribution in [2.75, 3.05) is 19.7 Å². The van der Waals surface area contributed by atoms with Gasteiger partial charge in [0.2, 0.25) is 11.8 Å². The topological polar surface area (TPSA) is 131 Å². The SMILES string of the molecule is O=C1CCC(N2Cc3c(ccc4c3OCC43CCN(Cc4cnn(S(=O)(=O)c5ccc(F)cc5)c4)CC3)C2=O)C(=O)N1. The van der Waals surface area contributed by atoms with Crippen molar-refractivity contribution in [3.63, 3.8) is 0 Å². The molecular formula is C29H28FN5O6S. The lowest BCUT2D eigenvalue weighted by molar-refractivity contribution is -0.136. The fraction of sp³-hybridized carbons (Fsp3) is 0.379. The van der Waals surface area contributed by atoms with Crippen LogP contribution in [0.15, 0.2) is 53.7 Å². The molecule has 0 radical (unpaired) electrons. The minimum absolute atomic E-state index is 0.0354. The van der Waals surface area contributed by atoms with Crippen LogP contribution in [0.1, 0.15) is 52.7 Å². The predicted octanol–water partition coefficient (Wildman–Crippen LogP) is 1.95. The third-order valence-corrected chi connectivity index (χ3v) is 10.5. The molecule has 2 fully saturated rings. The summed E-state index contributed by atoms with van der Waals surface area (Å²) in [7, 11) is -3.91. The number of imide groups is 1. The van der Waals surface area contributed by atoms with Gasteiger partial charge in [-0.1, -0.05) is 6.07 Å². The maximum atomic E-state index is 13.2. The summed E-state index contributed by atoms with van der Waals surface area (Å²) in [6.45, 7) is 2.83. The van der Waals surface area contributed by atoms with Crippen LogP contribution >= 0.6 is 0 Å². The lowest BCUT2D eigenvalue weighted by Crippen LogP contribution is -2.52. The predicted molar refractivity (Wildman–Crippen MR) is 145 cm³/mol. The monoisotopic (exact) mass is 593 g/mol. The van der Waals surface area contributed by atoms with E-state index in [1.54, 1.807) is 4.90 Å². The number of aromatic nitrogens is 2. The average molecular weight is 594 g/mol. The second-order valence-corrected chi connectivity index (χ2v) is 13.2. The van der Waals surface area contributed by atoms with Gasteiger partial charge in [-0.25, -0.2) is 4.39 Å². The molecule has 1 spiro atoms. The Balaban J connectivity index is 1.03. The Bertz CT molecular complexity index is 1730. The minimum atomic E-state index is -3.91. The standard InChI is InChI=1S/C29H28FN5O6S/c30-19-1-3-20(4-2-19)42(39,40)35-15-18(13-31-35)14-33-11-9-29(10-12-33)17-41-26-22-16-34(24-7-8-25(36)32-27(24)37)28(38)21(22)5-6-23(26)29/h1-6,13,15,24H,7-12,14,16-17H2,(H,32,36,37). The van der Waals surface area contributed by atoms with Crippen LogP contribution in [0.3, 0.4) is 0 Å². The van der Waals surface area contributed by atoms with E-state index >= 15 is 0 Å². The maximum Gasteiger partial charge on any atom is 0.282 e. The first-order chi connectivity index (χ1) is 20.1. The first-order valence-corrected chi connectivity index (χ1v) is 15.3. The Morgan fingerprint density at radius 2 is 1.83 bits per heavy atom. The molecule has 1 aromatic heterocycles. The second-order valence-electron chi connectivity index (χ2n) is 11.4. The molecule has 3 amide bonds. The molecule has 7 rings (SSSR count). The van der Waals surface area contributed by atoms with E-state index in [-0.39, 0.29) is 35.1 Å². The van der Waals surface area contributed by atoms with Crippen LogP contribution in [0, 0.1) is 5.82 Å². The number of piperidine rings is 2. The average Bonchev–Trinajstić information content (AvgIpc) is 3.67. The van der Waals surface area contributed by atoms with Gasteiger partial charge < -0.3 is 9.64 Å². The summed E-state index contributed by atoms with van der Waals surface area (Å²) in [5.41, 5.74) is 2.99. The molecule has 4 aliphatic rings. The highest BCUT2D eigenvalue weighted by Gasteiger charge is 2.47. The van der Waals surface area contributed by atoms with Gasteiger partial charge in [-0.15, -0.1) is 0 Å². The molecule has 5 heterocycles. The van der Waals surface area contributed by atoms with Crippen molar-refractivity contribution in [2.45, 2.75) is 55.1 Å². The van der Waals surface area contributed by atoms with Crippen LogP contribution in [0.4, 0.5) is 4.39 Å². The Kier molecular flexibility index (Phi) is 6.21. The summed E-state index contributed by atoms with van der Waals surface area (Å²) < 4.78 is 46.2. The number of ether oxygens (including phenoxy) is 1. The third-order valence-electron chi connectivity index (χ3n) is 8.92.